The van der Waals surface area contributed by atoms with Gasteiger partial charge >= 0.3 is 0 Å². The van der Waals surface area contributed by atoms with E-state index in [1.807, 2.05) is 60.7 Å². The molecule has 0 radical (unpaired) electrons. The zero-order valence-electron chi connectivity index (χ0n) is 15.5. The van der Waals surface area contributed by atoms with Gasteiger partial charge in [-0.05, 0) is 17.2 Å². The first kappa shape index (κ1) is 19.9. The summed E-state index contributed by atoms with van der Waals surface area (Å²) >= 11 is 12.7. The van der Waals surface area contributed by atoms with E-state index >= 15 is 0 Å². The number of amides is 1. The Hall–Kier alpha value is -3.35. The zero-order chi connectivity index (χ0) is 21.3. The number of nitro groups is 1. The molecule has 3 aromatic rings. The molecule has 0 aliphatic carbocycles. The molecule has 1 heterocycles. The molecule has 1 aliphatic rings. The van der Waals surface area contributed by atoms with Crippen LogP contribution in [0.15, 0.2) is 78.5 Å². The van der Waals surface area contributed by atoms with Crippen LogP contribution in [0.1, 0.15) is 17.3 Å². The van der Waals surface area contributed by atoms with Crippen LogP contribution < -0.4 is 10.2 Å². The number of rotatable bonds is 4. The first-order valence-corrected chi connectivity index (χ1v) is 9.76. The van der Waals surface area contributed by atoms with Crippen molar-refractivity contribution in [2.75, 3.05) is 4.90 Å². The van der Waals surface area contributed by atoms with Gasteiger partial charge in [0.25, 0.3) is 11.6 Å². The fraction of sp³-hybridized carbons (Fsp3) is 0.0455. The summed E-state index contributed by atoms with van der Waals surface area (Å²) in [6.45, 7) is 0. The van der Waals surface area contributed by atoms with Crippen molar-refractivity contribution in [3.8, 4) is 0 Å². The second-order valence-electron chi connectivity index (χ2n) is 6.62. The Morgan fingerprint density at radius 2 is 1.53 bits per heavy atom. The maximum atomic E-state index is 13.4. The summed E-state index contributed by atoms with van der Waals surface area (Å²) in [5.74, 6) is -0.342. The molecule has 1 saturated heterocycles. The van der Waals surface area contributed by atoms with Crippen LogP contribution in [0.25, 0.3) is 6.08 Å². The highest BCUT2D eigenvalue weighted by atomic mass is 35.5. The monoisotopic (exact) mass is 439 g/mol. The van der Waals surface area contributed by atoms with Crippen molar-refractivity contribution in [1.29, 1.82) is 0 Å². The quantitative estimate of drug-likeness (QED) is 0.327. The van der Waals surface area contributed by atoms with Gasteiger partial charge in [-0.3, -0.25) is 19.8 Å². The molecular formula is C22H15Cl2N3O3. The van der Waals surface area contributed by atoms with Crippen molar-refractivity contribution in [2.45, 2.75) is 6.17 Å². The Morgan fingerprint density at radius 1 is 0.967 bits per heavy atom. The zero-order valence-corrected chi connectivity index (χ0v) is 17.0. The van der Waals surface area contributed by atoms with E-state index in [2.05, 4.69) is 5.32 Å². The third kappa shape index (κ3) is 3.75. The Labute approximate surface area is 182 Å². The van der Waals surface area contributed by atoms with Gasteiger partial charge < -0.3 is 5.32 Å². The Bertz CT molecular complexity index is 1130. The van der Waals surface area contributed by atoms with Gasteiger partial charge in [-0.25, -0.2) is 0 Å². The van der Waals surface area contributed by atoms with Crippen LogP contribution in [0.3, 0.4) is 0 Å². The van der Waals surface area contributed by atoms with E-state index in [4.69, 9.17) is 23.2 Å². The van der Waals surface area contributed by atoms with Gasteiger partial charge in [0, 0.05) is 12.1 Å². The standard InChI is InChI=1S/C22H15Cl2N3O3/c23-17-12-16(27(29)30)13-18(24)20(17)26-21(15-9-5-2-6-10-15)25-19(22(26)28)11-14-7-3-1-4-8-14/h1-13,21,25H/b19-11-. The summed E-state index contributed by atoms with van der Waals surface area (Å²) in [6, 6.07) is 21.1. The SMILES string of the molecule is O=C1/C(=C/c2ccccc2)NC(c2ccccc2)N1c1c(Cl)cc([N+](=O)[O-])cc1Cl. The lowest BCUT2D eigenvalue weighted by Crippen LogP contribution is -2.30. The van der Waals surface area contributed by atoms with Crippen LogP contribution in [0.2, 0.25) is 10.0 Å². The van der Waals surface area contributed by atoms with Crippen molar-refractivity contribution in [1.82, 2.24) is 5.32 Å². The van der Waals surface area contributed by atoms with Crippen molar-refractivity contribution in [3.05, 3.63) is 110 Å². The minimum atomic E-state index is -0.582. The Balaban J connectivity index is 1.84. The molecule has 1 N–H and O–H groups in total. The smallest absolute Gasteiger partial charge is 0.276 e. The van der Waals surface area contributed by atoms with E-state index in [0.717, 1.165) is 11.1 Å². The predicted octanol–water partition coefficient (Wildman–Crippen LogP) is 5.58. The highest BCUT2D eigenvalue weighted by molar-refractivity contribution is 6.40. The fourth-order valence-electron chi connectivity index (χ4n) is 3.33. The number of benzene rings is 3. The van der Waals surface area contributed by atoms with Gasteiger partial charge in [0.15, 0.2) is 0 Å². The van der Waals surface area contributed by atoms with Crippen LogP contribution in [-0.2, 0) is 4.79 Å². The maximum Gasteiger partial charge on any atom is 0.276 e. The number of hydrogen-bond acceptors (Lipinski definition) is 4. The van der Waals surface area contributed by atoms with E-state index in [1.165, 1.54) is 17.0 Å². The minimum absolute atomic E-state index is 0.0197. The number of carbonyl (C=O) groups excluding carboxylic acids is 1. The third-order valence-electron chi connectivity index (χ3n) is 4.68. The first-order chi connectivity index (χ1) is 14.5. The first-order valence-electron chi connectivity index (χ1n) is 9.01. The number of carbonyl (C=O) groups is 1. The van der Waals surface area contributed by atoms with E-state index in [9.17, 15) is 14.9 Å². The molecule has 4 rings (SSSR count). The maximum absolute atomic E-state index is 13.4. The topological polar surface area (TPSA) is 75.5 Å². The average molecular weight is 440 g/mol. The molecule has 6 nitrogen and oxygen atoms in total. The molecule has 0 spiro atoms. The molecule has 30 heavy (non-hydrogen) atoms. The summed E-state index contributed by atoms with van der Waals surface area (Å²) in [7, 11) is 0. The van der Waals surface area contributed by atoms with E-state index in [0.29, 0.717) is 5.70 Å². The molecule has 0 saturated carbocycles. The normalized spacial score (nSPS) is 17.3. The van der Waals surface area contributed by atoms with E-state index < -0.39 is 11.1 Å². The highest BCUT2D eigenvalue weighted by Crippen LogP contribution is 2.43. The molecule has 1 unspecified atom stereocenters. The van der Waals surface area contributed by atoms with Crippen LogP contribution >= 0.6 is 23.2 Å². The van der Waals surface area contributed by atoms with Gasteiger partial charge in [-0.1, -0.05) is 83.9 Å². The van der Waals surface area contributed by atoms with Crippen molar-refractivity contribution in [2.24, 2.45) is 0 Å². The third-order valence-corrected chi connectivity index (χ3v) is 5.26. The van der Waals surface area contributed by atoms with Gasteiger partial charge in [0.1, 0.15) is 11.9 Å². The summed E-state index contributed by atoms with van der Waals surface area (Å²) in [6.07, 6.45) is 1.16. The highest BCUT2D eigenvalue weighted by Gasteiger charge is 2.39. The number of non-ortho nitro benzene ring substituents is 1. The summed E-state index contributed by atoms with van der Waals surface area (Å²) in [4.78, 5) is 25.3. The van der Waals surface area contributed by atoms with Gasteiger partial charge in [-0.2, -0.15) is 0 Å². The van der Waals surface area contributed by atoms with Crippen LogP contribution in [-0.4, -0.2) is 10.8 Å². The van der Waals surface area contributed by atoms with Crippen molar-refractivity contribution >= 4 is 46.6 Å². The van der Waals surface area contributed by atoms with E-state index in [1.54, 1.807) is 6.08 Å². The number of nitrogens with zero attached hydrogens (tertiary/aromatic N) is 2. The van der Waals surface area contributed by atoms with Crippen LogP contribution in [0, 0.1) is 10.1 Å². The lowest BCUT2D eigenvalue weighted by molar-refractivity contribution is -0.384. The molecule has 1 atom stereocenters. The molecule has 150 valence electrons. The Morgan fingerprint density at radius 3 is 2.10 bits per heavy atom. The van der Waals surface area contributed by atoms with Gasteiger partial charge in [0.05, 0.1) is 20.7 Å². The molecule has 1 amide bonds. The molecule has 1 fully saturated rings. The van der Waals surface area contributed by atoms with Crippen LogP contribution in [0.4, 0.5) is 11.4 Å². The number of nitro benzene ring substituents is 1. The average Bonchev–Trinajstić information content (AvgIpc) is 3.05. The molecule has 1 aliphatic heterocycles. The summed E-state index contributed by atoms with van der Waals surface area (Å²) < 4.78 is 0. The number of nitrogens with one attached hydrogen (secondary N) is 1. The minimum Gasteiger partial charge on any atom is -0.357 e. The van der Waals surface area contributed by atoms with E-state index in [-0.39, 0.29) is 27.3 Å². The second-order valence-corrected chi connectivity index (χ2v) is 7.43. The number of hydrogen-bond donors (Lipinski definition) is 1. The van der Waals surface area contributed by atoms with Crippen molar-refractivity contribution in [3.63, 3.8) is 0 Å². The van der Waals surface area contributed by atoms with Crippen molar-refractivity contribution < 1.29 is 9.72 Å². The molecule has 8 heteroatoms. The van der Waals surface area contributed by atoms with Crippen LogP contribution in [0.5, 0.6) is 0 Å². The van der Waals surface area contributed by atoms with Gasteiger partial charge in [-0.15, -0.1) is 0 Å². The molecular weight excluding hydrogens is 425 g/mol. The molecule has 3 aromatic carbocycles. The fourth-order valence-corrected chi connectivity index (χ4v) is 3.98. The summed E-state index contributed by atoms with van der Waals surface area (Å²) in [5, 5.41) is 14.4. The lowest BCUT2D eigenvalue weighted by atomic mass is 10.1. The molecule has 0 aromatic heterocycles. The van der Waals surface area contributed by atoms with Gasteiger partial charge in [0.2, 0.25) is 0 Å². The molecule has 0 bridgehead atoms. The number of halogens is 2. The lowest BCUT2D eigenvalue weighted by Gasteiger charge is -2.25. The Kier molecular flexibility index (Phi) is 5.44. The largest absolute Gasteiger partial charge is 0.357 e. The summed E-state index contributed by atoms with van der Waals surface area (Å²) in [5.41, 5.74) is 1.99. The second kappa shape index (κ2) is 8.18. The predicted molar refractivity (Wildman–Crippen MR) is 117 cm³/mol. The number of anilines is 1.